The molecular weight excluding hydrogens is 496 g/mol. The molecule has 2 fully saturated rings. The van der Waals surface area contributed by atoms with Gasteiger partial charge in [-0.2, -0.15) is 0 Å². The molecule has 3 aromatic rings. The van der Waals surface area contributed by atoms with Crippen molar-refractivity contribution in [1.82, 2.24) is 15.1 Å². The third kappa shape index (κ3) is 5.13. The molecule has 2 aliphatic heterocycles. The summed E-state index contributed by atoms with van der Waals surface area (Å²) < 4.78 is 5.76. The van der Waals surface area contributed by atoms with Crippen molar-refractivity contribution < 1.29 is 23.6 Å². The van der Waals surface area contributed by atoms with Crippen LogP contribution in [0.2, 0.25) is 0 Å². The van der Waals surface area contributed by atoms with Gasteiger partial charge in [0, 0.05) is 37.3 Å². The highest BCUT2D eigenvalue weighted by molar-refractivity contribution is 6.04. The van der Waals surface area contributed by atoms with E-state index in [-0.39, 0.29) is 41.7 Å². The van der Waals surface area contributed by atoms with Crippen LogP contribution in [-0.4, -0.2) is 78.6 Å². The van der Waals surface area contributed by atoms with Crippen LogP contribution in [0.1, 0.15) is 47.6 Å². The molecule has 0 unspecified atom stereocenters. The fourth-order valence-electron chi connectivity index (χ4n) is 5.61. The number of Topliss-reactive ketones (excluding diaryl/α,β-unsaturated/α-hetero) is 1. The molecule has 1 N–H and O–H groups in total. The summed E-state index contributed by atoms with van der Waals surface area (Å²) in [6, 6.07) is 14.3. The van der Waals surface area contributed by atoms with Crippen molar-refractivity contribution in [2.24, 2.45) is 5.92 Å². The number of hydrogen-bond acceptors (Lipinski definition) is 6. The van der Waals surface area contributed by atoms with E-state index in [2.05, 4.69) is 5.32 Å². The number of furan rings is 1. The van der Waals surface area contributed by atoms with E-state index in [4.69, 9.17) is 4.42 Å². The van der Waals surface area contributed by atoms with Gasteiger partial charge in [0.05, 0.1) is 12.6 Å². The smallest absolute Gasteiger partial charge is 0.290 e. The summed E-state index contributed by atoms with van der Waals surface area (Å²) in [5.41, 5.74) is 2.03. The van der Waals surface area contributed by atoms with Crippen molar-refractivity contribution in [3.63, 3.8) is 0 Å². The molecule has 2 aromatic carbocycles. The average molecular weight is 531 g/mol. The van der Waals surface area contributed by atoms with E-state index in [0.29, 0.717) is 30.5 Å². The second kappa shape index (κ2) is 10.6. The molecule has 0 saturated carbocycles. The van der Waals surface area contributed by atoms with Gasteiger partial charge in [0.1, 0.15) is 17.7 Å². The van der Waals surface area contributed by atoms with Gasteiger partial charge in [-0.1, -0.05) is 32.0 Å². The van der Waals surface area contributed by atoms with E-state index in [0.717, 1.165) is 11.1 Å². The van der Waals surface area contributed by atoms with Crippen molar-refractivity contribution in [2.45, 2.75) is 44.8 Å². The lowest BCUT2D eigenvalue weighted by Gasteiger charge is -2.29. The largest absolute Gasteiger partial charge is 0.451 e. The van der Waals surface area contributed by atoms with E-state index >= 15 is 0 Å². The molecule has 3 amide bonds. The van der Waals surface area contributed by atoms with Gasteiger partial charge < -0.3 is 24.4 Å². The monoisotopic (exact) mass is 530 g/mol. The predicted octanol–water partition coefficient (Wildman–Crippen LogP) is 3.34. The second-order valence-corrected chi connectivity index (χ2v) is 11.0. The Morgan fingerprint density at radius 2 is 1.77 bits per heavy atom. The molecule has 3 heterocycles. The zero-order chi connectivity index (χ0) is 27.8. The second-order valence-electron chi connectivity index (χ2n) is 11.0. The van der Waals surface area contributed by atoms with Crippen LogP contribution in [0.3, 0.4) is 0 Å². The van der Waals surface area contributed by atoms with Crippen molar-refractivity contribution in [3.05, 3.63) is 65.9 Å². The van der Waals surface area contributed by atoms with Crippen LogP contribution < -0.4 is 10.2 Å². The molecule has 0 spiro atoms. The van der Waals surface area contributed by atoms with Gasteiger partial charge in [0.25, 0.3) is 11.8 Å². The van der Waals surface area contributed by atoms with Gasteiger partial charge in [-0.05, 0) is 55.2 Å². The summed E-state index contributed by atoms with van der Waals surface area (Å²) in [4.78, 5) is 58.4. The number of para-hydroxylation sites is 1. The third-order valence-electron chi connectivity index (χ3n) is 7.56. The molecule has 5 rings (SSSR count). The SMILES string of the molecule is CC(C)C[C@H](NC(=O)c1ccc(N(C)C)cc1)C(=O)N1CC[C@@H]2[C@H]1C(=O)CN2C(=O)c1cc2ccccc2o1. The first-order chi connectivity index (χ1) is 18.6. The first-order valence-corrected chi connectivity index (χ1v) is 13.3. The van der Waals surface area contributed by atoms with Crippen LogP contribution in [0, 0.1) is 5.92 Å². The van der Waals surface area contributed by atoms with Crippen LogP contribution in [0.25, 0.3) is 11.0 Å². The van der Waals surface area contributed by atoms with Gasteiger partial charge in [0.2, 0.25) is 5.91 Å². The number of carbonyl (C=O) groups is 4. The molecule has 9 heteroatoms. The molecule has 2 saturated heterocycles. The quantitative estimate of drug-likeness (QED) is 0.503. The average Bonchev–Trinajstić information content (AvgIpc) is 3.62. The number of fused-ring (bicyclic) bond motifs is 2. The van der Waals surface area contributed by atoms with E-state index in [1.165, 1.54) is 4.90 Å². The Hall–Kier alpha value is -4.14. The molecule has 39 heavy (non-hydrogen) atoms. The van der Waals surface area contributed by atoms with Gasteiger partial charge in [0.15, 0.2) is 11.5 Å². The fraction of sp³-hybridized carbons (Fsp3) is 0.400. The molecule has 0 aliphatic carbocycles. The van der Waals surface area contributed by atoms with Crippen LogP contribution >= 0.6 is 0 Å². The van der Waals surface area contributed by atoms with Crippen LogP contribution in [0.15, 0.2) is 59.0 Å². The van der Waals surface area contributed by atoms with E-state index in [9.17, 15) is 19.2 Å². The minimum atomic E-state index is -0.780. The maximum absolute atomic E-state index is 13.8. The molecule has 3 atom stereocenters. The van der Waals surface area contributed by atoms with Crippen LogP contribution in [0.5, 0.6) is 0 Å². The summed E-state index contributed by atoms with van der Waals surface area (Å²) in [7, 11) is 3.84. The summed E-state index contributed by atoms with van der Waals surface area (Å²) in [5.74, 6) is -0.840. The molecule has 0 bridgehead atoms. The summed E-state index contributed by atoms with van der Waals surface area (Å²) in [6.45, 7) is 4.24. The maximum atomic E-state index is 13.8. The van der Waals surface area contributed by atoms with E-state index < -0.39 is 18.1 Å². The first kappa shape index (κ1) is 26.5. The minimum Gasteiger partial charge on any atom is -0.451 e. The van der Waals surface area contributed by atoms with Gasteiger partial charge in [-0.15, -0.1) is 0 Å². The lowest BCUT2D eigenvalue weighted by molar-refractivity contribution is -0.138. The lowest BCUT2D eigenvalue weighted by Crippen LogP contribution is -2.53. The lowest BCUT2D eigenvalue weighted by atomic mass is 10.0. The Morgan fingerprint density at radius 3 is 2.44 bits per heavy atom. The van der Waals surface area contributed by atoms with Crippen molar-refractivity contribution in [1.29, 1.82) is 0 Å². The van der Waals surface area contributed by atoms with Gasteiger partial charge in [-0.3, -0.25) is 19.2 Å². The highest BCUT2D eigenvalue weighted by atomic mass is 16.3. The zero-order valence-electron chi connectivity index (χ0n) is 22.7. The number of nitrogens with one attached hydrogen (secondary N) is 1. The topological polar surface area (TPSA) is 103 Å². The minimum absolute atomic E-state index is 0.0750. The van der Waals surface area contributed by atoms with Crippen molar-refractivity contribution >= 4 is 40.2 Å². The van der Waals surface area contributed by atoms with Crippen molar-refractivity contribution in [3.8, 4) is 0 Å². The van der Waals surface area contributed by atoms with Gasteiger partial charge >= 0.3 is 0 Å². The predicted molar refractivity (Wildman–Crippen MR) is 148 cm³/mol. The first-order valence-electron chi connectivity index (χ1n) is 13.3. The Kier molecular flexibility index (Phi) is 7.16. The third-order valence-corrected chi connectivity index (χ3v) is 7.56. The standard InChI is InChI=1S/C30H34N4O5/c1-18(2)15-22(31-28(36)19-9-11-21(12-10-19)32(3)4)29(37)33-14-13-23-27(33)24(35)17-34(23)30(38)26-16-20-7-5-6-8-25(20)39-26/h5-12,16,18,22-23,27H,13-15,17H2,1-4H3,(H,31,36)/t22-,23+,27-/m0/s1. The maximum Gasteiger partial charge on any atom is 0.290 e. The highest BCUT2D eigenvalue weighted by Crippen LogP contribution is 2.32. The number of amides is 3. The van der Waals surface area contributed by atoms with Crippen molar-refractivity contribution in [2.75, 3.05) is 32.1 Å². The number of benzene rings is 2. The summed E-state index contributed by atoms with van der Waals surface area (Å²) in [6.07, 6.45) is 0.923. The molecule has 0 radical (unpaired) electrons. The van der Waals surface area contributed by atoms with Crippen LogP contribution in [0.4, 0.5) is 5.69 Å². The Bertz CT molecular complexity index is 1380. The summed E-state index contributed by atoms with van der Waals surface area (Å²) in [5, 5.41) is 3.72. The number of nitrogens with zero attached hydrogens (tertiary/aromatic N) is 3. The Balaban J connectivity index is 1.32. The van der Waals surface area contributed by atoms with Crippen LogP contribution in [-0.2, 0) is 9.59 Å². The molecular formula is C30H34N4O5. The number of anilines is 1. The highest BCUT2D eigenvalue weighted by Gasteiger charge is 2.52. The number of hydrogen-bond donors (Lipinski definition) is 1. The zero-order valence-corrected chi connectivity index (χ0v) is 22.7. The molecule has 204 valence electrons. The number of rotatable bonds is 7. The molecule has 9 nitrogen and oxygen atoms in total. The van der Waals surface area contributed by atoms with Gasteiger partial charge in [-0.25, -0.2) is 0 Å². The Labute approximate surface area is 227 Å². The summed E-state index contributed by atoms with van der Waals surface area (Å²) >= 11 is 0. The van der Waals surface area contributed by atoms with E-state index in [1.54, 1.807) is 29.2 Å². The number of likely N-dealkylation sites (tertiary alicyclic amines) is 2. The molecule has 2 aliphatic rings. The Morgan fingerprint density at radius 1 is 1.05 bits per heavy atom. The van der Waals surface area contributed by atoms with E-state index in [1.807, 2.05) is 63.2 Å². The normalized spacial score (nSPS) is 19.5. The number of carbonyl (C=O) groups excluding carboxylic acids is 4. The fourth-order valence-corrected chi connectivity index (χ4v) is 5.61. The molecule has 1 aromatic heterocycles. The number of ketones is 1.